The van der Waals surface area contributed by atoms with E-state index in [9.17, 15) is 0 Å². The number of hydrogen-bond acceptors (Lipinski definition) is 1. The first-order valence-electron chi connectivity index (χ1n) is 9.88. The van der Waals surface area contributed by atoms with Gasteiger partial charge in [0, 0.05) is 28.7 Å². The molecule has 1 unspecified atom stereocenters. The number of fused-ring (bicyclic) bond motifs is 3. The summed E-state index contributed by atoms with van der Waals surface area (Å²) in [7, 11) is 0. The van der Waals surface area contributed by atoms with Gasteiger partial charge >= 0.3 is 0 Å². The highest BCUT2D eigenvalue weighted by atomic mass is 15.0. The highest BCUT2D eigenvalue weighted by Crippen LogP contribution is 2.35. The molecule has 2 nitrogen and oxygen atoms in total. The smallest absolute Gasteiger partial charge is 0.0485 e. The van der Waals surface area contributed by atoms with Gasteiger partial charge in [0.2, 0.25) is 0 Å². The largest absolute Gasteiger partial charge is 0.344 e. The molecule has 4 rings (SSSR count). The molecule has 1 aliphatic rings. The average molecular weight is 347 g/mol. The van der Waals surface area contributed by atoms with Gasteiger partial charge in [0.1, 0.15) is 0 Å². The number of nitrogens with two attached hydrogens (primary N) is 1. The van der Waals surface area contributed by atoms with Crippen molar-refractivity contribution < 1.29 is 0 Å². The summed E-state index contributed by atoms with van der Waals surface area (Å²) in [5, 5.41) is 1.42. The van der Waals surface area contributed by atoms with Gasteiger partial charge < -0.3 is 10.3 Å². The number of aryl methyl sites for hydroxylation is 4. The minimum absolute atomic E-state index is 0.0922. The summed E-state index contributed by atoms with van der Waals surface area (Å²) < 4.78 is 2.57. The van der Waals surface area contributed by atoms with Gasteiger partial charge in [0.05, 0.1) is 0 Å². The van der Waals surface area contributed by atoms with Crippen molar-refractivity contribution in [1.82, 2.24) is 4.57 Å². The van der Waals surface area contributed by atoms with Crippen LogP contribution in [0.25, 0.3) is 10.9 Å². The molecule has 0 saturated heterocycles. The molecular formula is C24H30N2. The molecule has 0 fully saturated rings. The van der Waals surface area contributed by atoms with E-state index in [4.69, 9.17) is 5.73 Å². The molecule has 0 saturated carbocycles. The number of hydrogen-bond donors (Lipinski definition) is 1. The second kappa shape index (κ2) is 6.59. The summed E-state index contributed by atoms with van der Waals surface area (Å²) in [6.07, 6.45) is 5.49. The first-order valence-corrected chi connectivity index (χ1v) is 9.88. The topological polar surface area (TPSA) is 30.9 Å². The first-order chi connectivity index (χ1) is 12.4. The molecule has 2 N–H and O–H groups in total. The van der Waals surface area contributed by atoms with Crippen molar-refractivity contribution in [3.05, 3.63) is 70.4 Å². The molecule has 136 valence electrons. The predicted octanol–water partition coefficient (Wildman–Crippen LogP) is 5.10. The lowest BCUT2D eigenvalue weighted by Gasteiger charge is -2.22. The molecule has 1 heterocycles. The maximum absolute atomic E-state index is 6.60. The highest BCUT2D eigenvalue weighted by Gasteiger charge is 2.28. The molecule has 2 heteroatoms. The normalized spacial score (nSPS) is 20.2. The van der Waals surface area contributed by atoms with E-state index in [0.717, 1.165) is 32.2 Å². The standard InChI is InChI=1S/C24H30N2/c1-17-6-9-19(10-7-17)12-14-26-22-5-4-13-24(3,25)16-21(22)20-15-18(2)8-11-23(20)26/h6-11,15H,4-5,12-14,16,25H2,1-3H3. The van der Waals surface area contributed by atoms with Gasteiger partial charge in [-0.05, 0) is 76.1 Å². The Morgan fingerprint density at radius 3 is 2.54 bits per heavy atom. The maximum atomic E-state index is 6.60. The molecule has 0 aliphatic heterocycles. The van der Waals surface area contributed by atoms with E-state index in [1.54, 1.807) is 0 Å². The molecule has 1 aromatic heterocycles. The first kappa shape index (κ1) is 17.4. The predicted molar refractivity (Wildman–Crippen MR) is 111 cm³/mol. The van der Waals surface area contributed by atoms with Crippen molar-refractivity contribution in [1.29, 1.82) is 0 Å². The van der Waals surface area contributed by atoms with Crippen LogP contribution in [0.3, 0.4) is 0 Å². The van der Waals surface area contributed by atoms with Crippen LogP contribution in [0.15, 0.2) is 42.5 Å². The van der Waals surface area contributed by atoms with Crippen molar-refractivity contribution in [2.75, 3.05) is 0 Å². The van der Waals surface area contributed by atoms with E-state index in [0.29, 0.717) is 0 Å². The number of aromatic nitrogens is 1. The third-order valence-corrected chi connectivity index (χ3v) is 5.93. The van der Waals surface area contributed by atoms with Crippen molar-refractivity contribution in [2.45, 2.75) is 65.0 Å². The van der Waals surface area contributed by atoms with E-state index in [1.165, 1.54) is 45.3 Å². The summed E-state index contributed by atoms with van der Waals surface area (Å²) in [5.41, 5.74) is 15.0. The second-order valence-corrected chi connectivity index (χ2v) is 8.52. The van der Waals surface area contributed by atoms with Gasteiger partial charge in [-0.1, -0.05) is 41.5 Å². The second-order valence-electron chi connectivity index (χ2n) is 8.52. The Morgan fingerprint density at radius 1 is 1.04 bits per heavy atom. The molecular weight excluding hydrogens is 316 g/mol. The molecule has 0 amide bonds. The molecule has 26 heavy (non-hydrogen) atoms. The zero-order chi connectivity index (χ0) is 18.3. The third-order valence-electron chi connectivity index (χ3n) is 5.93. The number of benzene rings is 2. The summed E-state index contributed by atoms with van der Waals surface area (Å²) in [6, 6.07) is 15.9. The van der Waals surface area contributed by atoms with Crippen LogP contribution in [0.2, 0.25) is 0 Å². The van der Waals surface area contributed by atoms with E-state index >= 15 is 0 Å². The van der Waals surface area contributed by atoms with Crippen LogP contribution in [0.5, 0.6) is 0 Å². The number of rotatable bonds is 3. The summed E-state index contributed by atoms with van der Waals surface area (Å²) >= 11 is 0. The molecule has 2 aromatic carbocycles. The lowest BCUT2D eigenvalue weighted by Crippen LogP contribution is -2.37. The van der Waals surface area contributed by atoms with Gasteiger partial charge in [-0.15, -0.1) is 0 Å². The van der Waals surface area contributed by atoms with Gasteiger partial charge in [-0.25, -0.2) is 0 Å². The van der Waals surface area contributed by atoms with Crippen LogP contribution in [0, 0.1) is 13.8 Å². The van der Waals surface area contributed by atoms with Gasteiger partial charge in [0.15, 0.2) is 0 Å². The van der Waals surface area contributed by atoms with Crippen LogP contribution in [0.4, 0.5) is 0 Å². The Hall–Kier alpha value is -2.06. The molecule has 3 aromatic rings. The third kappa shape index (κ3) is 3.31. The average Bonchev–Trinajstić information content (AvgIpc) is 2.75. The summed E-state index contributed by atoms with van der Waals surface area (Å²) in [4.78, 5) is 0. The minimum atomic E-state index is -0.0922. The van der Waals surface area contributed by atoms with E-state index in [-0.39, 0.29) is 5.54 Å². The maximum Gasteiger partial charge on any atom is 0.0485 e. The van der Waals surface area contributed by atoms with Crippen molar-refractivity contribution in [3.8, 4) is 0 Å². The Balaban J connectivity index is 1.76. The highest BCUT2D eigenvalue weighted by molar-refractivity contribution is 5.86. The van der Waals surface area contributed by atoms with Gasteiger partial charge in [-0.2, -0.15) is 0 Å². The van der Waals surface area contributed by atoms with E-state index in [2.05, 4.69) is 67.8 Å². The van der Waals surface area contributed by atoms with E-state index in [1.807, 2.05) is 0 Å². The Labute approximate surface area is 157 Å². The van der Waals surface area contributed by atoms with Crippen molar-refractivity contribution in [3.63, 3.8) is 0 Å². The summed E-state index contributed by atoms with van der Waals surface area (Å²) in [5.74, 6) is 0. The van der Waals surface area contributed by atoms with Crippen LogP contribution in [-0.2, 0) is 25.8 Å². The zero-order valence-electron chi connectivity index (χ0n) is 16.3. The van der Waals surface area contributed by atoms with E-state index < -0.39 is 0 Å². The van der Waals surface area contributed by atoms with Crippen LogP contribution in [-0.4, -0.2) is 10.1 Å². The Kier molecular flexibility index (Phi) is 4.40. The molecule has 0 spiro atoms. The monoisotopic (exact) mass is 346 g/mol. The number of nitrogens with zero attached hydrogens (tertiary/aromatic N) is 1. The fraction of sp³-hybridized carbons (Fsp3) is 0.417. The summed E-state index contributed by atoms with van der Waals surface area (Å²) in [6.45, 7) is 7.59. The van der Waals surface area contributed by atoms with Crippen LogP contribution >= 0.6 is 0 Å². The van der Waals surface area contributed by atoms with Crippen LogP contribution < -0.4 is 5.73 Å². The minimum Gasteiger partial charge on any atom is -0.344 e. The van der Waals surface area contributed by atoms with Crippen molar-refractivity contribution >= 4 is 10.9 Å². The lowest BCUT2D eigenvalue weighted by molar-refractivity contribution is 0.429. The van der Waals surface area contributed by atoms with Crippen LogP contribution in [0.1, 0.15) is 47.7 Å². The van der Waals surface area contributed by atoms with Gasteiger partial charge in [0.25, 0.3) is 0 Å². The Morgan fingerprint density at radius 2 is 1.77 bits per heavy atom. The quantitative estimate of drug-likeness (QED) is 0.657. The van der Waals surface area contributed by atoms with Gasteiger partial charge in [-0.3, -0.25) is 0 Å². The van der Waals surface area contributed by atoms with Crippen molar-refractivity contribution in [2.24, 2.45) is 5.73 Å². The molecule has 0 bridgehead atoms. The fourth-order valence-electron chi connectivity index (χ4n) is 4.48. The molecule has 0 radical (unpaired) electrons. The zero-order valence-corrected chi connectivity index (χ0v) is 16.3. The molecule has 1 atom stereocenters. The SMILES string of the molecule is Cc1ccc(CCn2c3c(c4cc(C)ccc42)CC(C)(N)CCC3)cc1. The lowest BCUT2D eigenvalue weighted by atomic mass is 9.91. The fourth-order valence-corrected chi connectivity index (χ4v) is 4.48. The Bertz CT molecular complexity index is 929. The molecule has 1 aliphatic carbocycles.